The molecule has 0 unspecified atom stereocenters. The third kappa shape index (κ3) is 11.2. The fourth-order valence-electron chi connectivity index (χ4n) is 1.19. The maximum Gasteiger partial charge on any atom is 0.157 e. The van der Waals surface area contributed by atoms with Crippen LogP contribution in [-0.4, -0.2) is 19.5 Å². The van der Waals surface area contributed by atoms with Crippen molar-refractivity contribution in [1.82, 2.24) is 0 Å². The smallest absolute Gasteiger partial charge is 0.157 e. The first-order chi connectivity index (χ1) is 8.35. The van der Waals surface area contributed by atoms with Crippen LogP contribution < -0.4 is 0 Å². The van der Waals surface area contributed by atoms with E-state index in [0.717, 1.165) is 38.9 Å². The molecule has 0 aromatic rings. The average molecular weight is 236 g/mol. The number of ether oxygens (including phenoxy) is 2. The second-order valence-electron chi connectivity index (χ2n) is 3.64. The Morgan fingerprint density at radius 3 is 2.29 bits per heavy atom. The topological polar surface area (TPSA) is 18.5 Å². The molecule has 0 spiro atoms. The summed E-state index contributed by atoms with van der Waals surface area (Å²) in [6.07, 6.45) is 9.23. The standard InChI is InChI=1S/C15H24O2/c1-4-7-8-9-10-11-12-15(16-13-5-2)17-14-6-3/h4,9-10,15H,1,5-6,11-14H2,2-3H3/b10-9-. The molecule has 0 fully saturated rings. The Hall–Kier alpha value is -1.04. The highest BCUT2D eigenvalue weighted by Crippen LogP contribution is 2.06. The van der Waals surface area contributed by atoms with Gasteiger partial charge in [0, 0.05) is 19.6 Å². The van der Waals surface area contributed by atoms with Gasteiger partial charge in [-0.05, 0) is 31.4 Å². The van der Waals surface area contributed by atoms with Gasteiger partial charge in [0.25, 0.3) is 0 Å². The van der Waals surface area contributed by atoms with E-state index in [1.807, 2.05) is 12.2 Å². The minimum atomic E-state index is -0.0769. The van der Waals surface area contributed by atoms with Crippen molar-refractivity contribution < 1.29 is 9.47 Å². The maximum absolute atomic E-state index is 5.61. The van der Waals surface area contributed by atoms with Crippen molar-refractivity contribution in [2.24, 2.45) is 0 Å². The molecule has 0 aromatic carbocycles. The van der Waals surface area contributed by atoms with Gasteiger partial charge in [-0.2, -0.15) is 0 Å². The van der Waals surface area contributed by atoms with Crippen LogP contribution in [0, 0.1) is 11.8 Å². The SMILES string of the molecule is C=CC#C/C=C\CCC(OCCC)OCCC. The summed E-state index contributed by atoms with van der Waals surface area (Å²) in [5, 5.41) is 0. The van der Waals surface area contributed by atoms with Crippen LogP contribution >= 0.6 is 0 Å². The largest absolute Gasteiger partial charge is 0.353 e. The fourth-order valence-corrected chi connectivity index (χ4v) is 1.19. The predicted octanol–water partition coefficient (Wildman–Crippen LogP) is 3.69. The molecule has 0 saturated heterocycles. The van der Waals surface area contributed by atoms with Crippen LogP contribution in [0.1, 0.15) is 39.5 Å². The summed E-state index contributed by atoms with van der Waals surface area (Å²) in [7, 11) is 0. The molecular formula is C15H24O2. The van der Waals surface area contributed by atoms with E-state index in [0.29, 0.717) is 0 Å². The summed E-state index contributed by atoms with van der Waals surface area (Å²) < 4.78 is 11.2. The molecule has 0 amide bonds. The predicted molar refractivity (Wildman–Crippen MR) is 72.6 cm³/mol. The molecule has 0 aliphatic rings. The molecule has 2 heteroatoms. The lowest BCUT2D eigenvalue weighted by Crippen LogP contribution is -2.18. The van der Waals surface area contributed by atoms with E-state index >= 15 is 0 Å². The van der Waals surface area contributed by atoms with Gasteiger partial charge in [-0.1, -0.05) is 38.3 Å². The van der Waals surface area contributed by atoms with E-state index in [2.05, 4.69) is 32.3 Å². The van der Waals surface area contributed by atoms with Crippen LogP contribution in [-0.2, 0) is 9.47 Å². The molecule has 0 aliphatic carbocycles. The molecule has 2 nitrogen and oxygen atoms in total. The number of hydrogen-bond donors (Lipinski definition) is 0. The van der Waals surface area contributed by atoms with Crippen LogP contribution in [0.3, 0.4) is 0 Å². The highest BCUT2D eigenvalue weighted by Gasteiger charge is 2.06. The first-order valence-electron chi connectivity index (χ1n) is 6.35. The minimum Gasteiger partial charge on any atom is -0.353 e. The van der Waals surface area contributed by atoms with Crippen molar-refractivity contribution in [3.8, 4) is 11.8 Å². The zero-order valence-corrected chi connectivity index (χ0v) is 11.1. The zero-order chi connectivity index (χ0) is 12.8. The van der Waals surface area contributed by atoms with Crippen LogP contribution in [0.2, 0.25) is 0 Å². The molecule has 0 heterocycles. The summed E-state index contributed by atoms with van der Waals surface area (Å²) in [4.78, 5) is 0. The molecule has 0 radical (unpaired) electrons. The first-order valence-corrected chi connectivity index (χ1v) is 6.35. The summed E-state index contributed by atoms with van der Waals surface area (Å²) in [6.45, 7) is 9.24. The van der Waals surface area contributed by atoms with Gasteiger partial charge in [0.2, 0.25) is 0 Å². The van der Waals surface area contributed by atoms with Gasteiger partial charge in [0.15, 0.2) is 6.29 Å². The Labute approximate surface area is 106 Å². The molecule has 0 aliphatic heterocycles. The summed E-state index contributed by atoms with van der Waals surface area (Å²) in [5.41, 5.74) is 0. The highest BCUT2D eigenvalue weighted by molar-refractivity contribution is 5.21. The van der Waals surface area contributed by atoms with E-state index in [1.165, 1.54) is 0 Å². The Morgan fingerprint density at radius 1 is 1.12 bits per heavy atom. The van der Waals surface area contributed by atoms with E-state index in [9.17, 15) is 0 Å². The fraction of sp³-hybridized carbons (Fsp3) is 0.600. The van der Waals surface area contributed by atoms with Crippen LogP contribution in [0.15, 0.2) is 24.8 Å². The van der Waals surface area contributed by atoms with Crippen molar-refractivity contribution in [2.75, 3.05) is 13.2 Å². The molecule has 0 rings (SSSR count). The van der Waals surface area contributed by atoms with Gasteiger partial charge in [-0.25, -0.2) is 0 Å². The molecule has 0 aromatic heterocycles. The van der Waals surface area contributed by atoms with Crippen LogP contribution in [0.4, 0.5) is 0 Å². The third-order valence-electron chi connectivity index (χ3n) is 1.97. The van der Waals surface area contributed by atoms with E-state index in [4.69, 9.17) is 9.47 Å². The summed E-state index contributed by atoms with van der Waals surface area (Å²) >= 11 is 0. The molecular weight excluding hydrogens is 212 g/mol. The molecule has 0 N–H and O–H groups in total. The molecule has 0 saturated carbocycles. The first kappa shape index (κ1) is 16.0. The van der Waals surface area contributed by atoms with Gasteiger partial charge in [0.1, 0.15) is 0 Å². The Kier molecular flexibility index (Phi) is 12.2. The van der Waals surface area contributed by atoms with E-state index in [-0.39, 0.29) is 6.29 Å². The quantitative estimate of drug-likeness (QED) is 0.449. The summed E-state index contributed by atoms with van der Waals surface area (Å²) in [5.74, 6) is 5.63. The maximum atomic E-state index is 5.61. The highest BCUT2D eigenvalue weighted by atomic mass is 16.7. The molecule has 0 atom stereocenters. The van der Waals surface area contributed by atoms with Gasteiger partial charge in [0.05, 0.1) is 0 Å². The van der Waals surface area contributed by atoms with Gasteiger partial charge in [-0.3, -0.25) is 0 Å². The van der Waals surface area contributed by atoms with E-state index in [1.54, 1.807) is 6.08 Å². The molecule has 0 bridgehead atoms. The number of hydrogen-bond acceptors (Lipinski definition) is 2. The zero-order valence-electron chi connectivity index (χ0n) is 11.1. The average Bonchev–Trinajstić information content (AvgIpc) is 2.35. The van der Waals surface area contributed by atoms with Crippen molar-refractivity contribution in [2.45, 2.75) is 45.8 Å². The second kappa shape index (κ2) is 13.0. The van der Waals surface area contributed by atoms with Crippen LogP contribution in [0.25, 0.3) is 0 Å². The third-order valence-corrected chi connectivity index (χ3v) is 1.97. The lowest BCUT2D eigenvalue weighted by molar-refractivity contribution is -0.145. The van der Waals surface area contributed by atoms with Crippen molar-refractivity contribution in [3.63, 3.8) is 0 Å². The lowest BCUT2D eigenvalue weighted by Gasteiger charge is -2.17. The lowest BCUT2D eigenvalue weighted by atomic mass is 10.3. The second-order valence-corrected chi connectivity index (χ2v) is 3.64. The number of allylic oxidation sites excluding steroid dienone is 3. The van der Waals surface area contributed by atoms with Gasteiger partial charge in [-0.15, -0.1) is 0 Å². The molecule has 17 heavy (non-hydrogen) atoms. The van der Waals surface area contributed by atoms with Gasteiger partial charge >= 0.3 is 0 Å². The number of rotatable bonds is 9. The Balaban J connectivity index is 3.80. The molecule has 96 valence electrons. The van der Waals surface area contributed by atoms with Crippen molar-refractivity contribution in [3.05, 3.63) is 24.8 Å². The Morgan fingerprint density at radius 2 is 1.76 bits per heavy atom. The van der Waals surface area contributed by atoms with E-state index < -0.39 is 0 Å². The minimum absolute atomic E-state index is 0.0769. The van der Waals surface area contributed by atoms with Crippen LogP contribution in [0.5, 0.6) is 0 Å². The van der Waals surface area contributed by atoms with Gasteiger partial charge < -0.3 is 9.47 Å². The normalized spacial score (nSPS) is 10.5. The Bertz CT molecular complexity index is 250. The van der Waals surface area contributed by atoms with Crippen molar-refractivity contribution >= 4 is 0 Å². The summed E-state index contributed by atoms with van der Waals surface area (Å²) in [6, 6.07) is 0. The monoisotopic (exact) mass is 236 g/mol. The van der Waals surface area contributed by atoms with Crippen molar-refractivity contribution in [1.29, 1.82) is 0 Å².